The van der Waals surface area contributed by atoms with Crippen molar-refractivity contribution < 1.29 is 17.9 Å². The summed E-state index contributed by atoms with van der Waals surface area (Å²) in [6.07, 6.45) is 0. The van der Waals surface area contributed by atoms with E-state index in [1.807, 2.05) is 0 Å². The van der Waals surface area contributed by atoms with E-state index in [0.717, 1.165) is 0 Å². The number of nitrogens with two attached hydrogens (primary N) is 1. The van der Waals surface area contributed by atoms with E-state index in [4.69, 9.17) is 9.88 Å². The van der Waals surface area contributed by atoms with Gasteiger partial charge < -0.3 is 10.1 Å². The number of primary sulfonamides is 1. The zero-order valence-corrected chi connectivity index (χ0v) is 14.8. The first-order chi connectivity index (χ1) is 9.48. The molecule has 0 aliphatic heterocycles. The third kappa shape index (κ3) is 4.77. The molecule has 0 bridgehead atoms. The number of halogens is 1. The Kier molecular flexibility index (Phi) is 5.54. The Morgan fingerprint density at radius 1 is 1.43 bits per heavy atom. The number of nitrogens with one attached hydrogen (secondary N) is 1. The van der Waals surface area contributed by atoms with Gasteiger partial charge in [-0.3, -0.25) is 4.79 Å². The molecule has 118 valence electrons. The zero-order chi connectivity index (χ0) is 16.4. The molecule has 0 fully saturated rings. The smallest absolute Gasteiger partial charge is 0.251 e. The van der Waals surface area contributed by atoms with Crippen molar-refractivity contribution in [1.29, 1.82) is 0 Å². The topological polar surface area (TPSA) is 98.5 Å². The fraction of sp³-hybridized carbons (Fsp3) is 0.462. The number of benzene rings is 1. The molecule has 0 atom stereocenters. The molecule has 1 aromatic carbocycles. The molecule has 1 aromatic rings. The van der Waals surface area contributed by atoms with Crippen LogP contribution in [0.25, 0.3) is 0 Å². The van der Waals surface area contributed by atoms with Gasteiger partial charge in [-0.05, 0) is 54.4 Å². The lowest BCUT2D eigenvalue weighted by atomic mass is 10.1. The number of ether oxygens (including phenoxy) is 1. The second-order valence-electron chi connectivity index (χ2n) is 5.42. The second-order valence-corrected chi connectivity index (χ2v) is 7.74. The number of hydrogen-bond acceptors (Lipinski definition) is 4. The fourth-order valence-corrected chi connectivity index (χ4v) is 3.46. The van der Waals surface area contributed by atoms with E-state index < -0.39 is 21.5 Å². The first-order valence-corrected chi connectivity index (χ1v) is 8.46. The molecule has 3 N–H and O–H groups in total. The molecule has 0 aliphatic rings. The van der Waals surface area contributed by atoms with Gasteiger partial charge in [0.1, 0.15) is 0 Å². The van der Waals surface area contributed by atoms with Crippen molar-refractivity contribution in [1.82, 2.24) is 5.32 Å². The molecule has 0 saturated heterocycles. The minimum atomic E-state index is -3.92. The number of rotatable bonds is 5. The van der Waals surface area contributed by atoms with E-state index in [9.17, 15) is 13.2 Å². The van der Waals surface area contributed by atoms with Crippen LogP contribution in [0.1, 0.15) is 29.8 Å². The van der Waals surface area contributed by atoms with E-state index in [0.29, 0.717) is 16.6 Å². The lowest BCUT2D eigenvalue weighted by Crippen LogP contribution is -2.46. The highest BCUT2D eigenvalue weighted by Crippen LogP contribution is 2.26. The van der Waals surface area contributed by atoms with Crippen LogP contribution in [-0.4, -0.2) is 33.6 Å². The molecule has 0 saturated carbocycles. The van der Waals surface area contributed by atoms with Crippen molar-refractivity contribution in [2.75, 3.05) is 13.7 Å². The molecule has 8 heteroatoms. The summed E-state index contributed by atoms with van der Waals surface area (Å²) in [5.41, 5.74) is 0.259. The van der Waals surface area contributed by atoms with E-state index >= 15 is 0 Å². The van der Waals surface area contributed by atoms with Crippen molar-refractivity contribution >= 4 is 31.9 Å². The minimum Gasteiger partial charge on any atom is -0.382 e. The molecule has 0 aromatic heterocycles. The Hall–Kier alpha value is -0.960. The maximum absolute atomic E-state index is 12.3. The summed E-state index contributed by atoms with van der Waals surface area (Å²) in [5.74, 6) is -0.391. The maximum atomic E-state index is 12.3. The summed E-state index contributed by atoms with van der Waals surface area (Å²) in [6.45, 7) is 5.63. The van der Waals surface area contributed by atoms with Crippen LogP contribution in [0.5, 0.6) is 0 Å². The quantitative estimate of drug-likeness (QED) is 0.811. The van der Waals surface area contributed by atoms with Gasteiger partial charge in [-0.1, -0.05) is 0 Å². The maximum Gasteiger partial charge on any atom is 0.251 e. The predicted octanol–water partition coefficient (Wildman–Crippen LogP) is 1.56. The molecule has 0 spiro atoms. The van der Waals surface area contributed by atoms with Gasteiger partial charge in [0.15, 0.2) is 0 Å². The van der Waals surface area contributed by atoms with Crippen LogP contribution in [0.3, 0.4) is 0 Å². The summed E-state index contributed by atoms with van der Waals surface area (Å²) < 4.78 is 28.5. The van der Waals surface area contributed by atoms with Crippen molar-refractivity contribution in [3.63, 3.8) is 0 Å². The van der Waals surface area contributed by atoms with Gasteiger partial charge in [-0.2, -0.15) is 0 Å². The van der Waals surface area contributed by atoms with E-state index in [1.165, 1.54) is 13.2 Å². The van der Waals surface area contributed by atoms with Crippen LogP contribution < -0.4 is 10.5 Å². The molecular weight excluding hydrogens is 360 g/mol. The van der Waals surface area contributed by atoms with Gasteiger partial charge in [-0.25, -0.2) is 13.6 Å². The Morgan fingerprint density at radius 2 is 2.00 bits per heavy atom. The average Bonchev–Trinajstić information content (AvgIpc) is 2.29. The number of hydrogen-bond donors (Lipinski definition) is 2. The van der Waals surface area contributed by atoms with Crippen LogP contribution in [0.15, 0.2) is 21.5 Å². The van der Waals surface area contributed by atoms with Crippen molar-refractivity contribution in [2.45, 2.75) is 31.2 Å². The molecule has 0 radical (unpaired) electrons. The minimum absolute atomic E-state index is 0.114. The number of sulfonamides is 1. The molecule has 1 rings (SSSR count). The van der Waals surface area contributed by atoms with Crippen LogP contribution in [-0.2, 0) is 14.8 Å². The van der Waals surface area contributed by atoms with Crippen molar-refractivity contribution in [3.8, 4) is 0 Å². The standard InChI is InChI=1S/C13H19BrN2O4S/c1-8-5-9(6-10(11(8)14)21(15,18)19)12(17)16-13(2,3)7-20-4/h5-6H,7H2,1-4H3,(H,16,17)(H2,15,18,19). The van der Waals surface area contributed by atoms with Crippen LogP contribution >= 0.6 is 15.9 Å². The highest BCUT2D eigenvalue weighted by Gasteiger charge is 2.23. The summed E-state index contributed by atoms with van der Waals surface area (Å²) in [7, 11) is -2.38. The first-order valence-electron chi connectivity index (χ1n) is 6.12. The normalized spacial score (nSPS) is 12.3. The molecule has 0 aliphatic carbocycles. The molecule has 0 unspecified atom stereocenters. The predicted molar refractivity (Wildman–Crippen MR) is 83.7 cm³/mol. The van der Waals surface area contributed by atoms with E-state index in [1.54, 1.807) is 26.8 Å². The summed E-state index contributed by atoms with van der Waals surface area (Å²) in [4.78, 5) is 12.1. The average molecular weight is 379 g/mol. The van der Waals surface area contributed by atoms with Crippen molar-refractivity contribution in [3.05, 3.63) is 27.7 Å². The lowest BCUT2D eigenvalue weighted by Gasteiger charge is -2.25. The molecule has 6 nitrogen and oxygen atoms in total. The Labute approximate surface area is 133 Å². The van der Waals surface area contributed by atoms with Gasteiger partial charge in [0.2, 0.25) is 10.0 Å². The lowest BCUT2D eigenvalue weighted by molar-refractivity contribution is 0.0819. The molecule has 0 heterocycles. The number of aryl methyl sites for hydroxylation is 1. The number of carbonyl (C=O) groups excluding carboxylic acids is 1. The van der Waals surface area contributed by atoms with Crippen LogP contribution in [0.2, 0.25) is 0 Å². The molecular formula is C13H19BrN2O4S. The molecule has 1 amide bonds. The van der Waals surface area contributed by atoms with Gasteiger partial charge in [-0.15, -0.1) is 0 Å². The van der Waals surface area contributed by atoms with Gasteiger partial charge >= 0.3 is 0 Å². The zero-order valence-electron chi connectivity index (χ0n) is 12.4. The van der Waals surface area contributed by atoms with Gasteiger partial charge in [0.05, 0.1) is 17.0 Å². The monoisotopic (exact) mass is 378 g/mol. The summed E-state index contributed by atoms with van der Waals surface area (Å²) >= 11 is 3.17. The van der Waals surface area contributed by atoms with Gasteiger partial charge in [0, 0.05) is 17.1 Å². The highest BCUT2D eigenvalue weighted by atomic mass is 79.9. The SMILES string of the molecule is COCC(C)(C)NC(=O)c1cc(C)c(Br)c(S(N)(=O)=O)c1. The van der Waals surface area contributed by atoms with Crippen molar-refractivity contribution in [2.24, 2.45) is 5.14 Å². The summed E-state index contributed by atoms with van der Waals surface area (Å²) in [5, 5.41) is 7.94. The largest absolute Gasteiger partial charge is 0.382 e. The number of amides is 1. The fourth-order valence-electron chi connectivity index (χ4n) is 1.85. The first kappa shape index (κ1) is 18.1. The van der Waals surface area contributed by atoms with Gasteiger partial charge in [0.25, 0.3) is 5.91 Å². The Morgan fingerprint density at radius 3 is 2.48 bits per heavy atom. The third-order valence-electron chi connectivity index (χ3n) is 2.75. The van der Waals surface area contributed by atoms with E-state index in [-0.39, 0.29) is 10.5 Å². The van der Waals surface area contributed by atoms with E-state index in [2.05, 4.69) is 21.2 Å². The Balaban J connectivity index is 3.21. The highest BCUT2D eigenvalue weighted by molar-refractivity contribution is 9.10. The molecule has 21 heavy (non-hydrogen) atoms. The third-order valence-corrected chi connectivity index (χ3v) is 5.00. The van der Waals surface area contributed by atoms with Crippen LogP contribution in [0.4, 0.5) is 0 Å². The Bertz CT molecular complexity index is 656. The number of methoxy groups -OCH3 is 1. The van der Waals surface area contributed by atoms with Crippen LogP contribution in [0, 0.1) is 6.92 Å². The summed E-state index contributed by atoms with van der Waals surface area (Å²) in [6, 6.07) is 2.85. The second kappa shape index (κ2) is 6.43. The number of carbonyl (C=O) groups is 1.